The molecule has 0 saturated heterocycles. The summed E-state index contributed by atoms with van der Waals surface area (Å²) in [6.45, 7) is 5.55. The second kappa shape index (κ2) is 7.73. The van der Waals surface area contributed by atoms with Crippen LogP contribution in [-0.4, -0.2) is 31.4 Å². The van der Waals surface area contributed by atoms with Crippen LogP contribution in [-0.2, 0) is 0 Å². The summed E-state index contributed by atoms with van der Waals surface area (Å²) < 4.78 is 13.6. The van der Waals surface area contributed by atoms with E-state index in [0.29, 0.717) is 17.0 Å². The van der Waals surface area contributed by atoms with Gasteiger partial charge in [-0.05, 0) is 37.3 Å². The number of aromatic nitrogens is 5. The highest BCUT2D eigenvalue weighted by Crippen LogP contribution is 2.34. The van der Waals surface area contributed by atoms with Crippen molar-refractivity contribution in [2.45, 2.75) is 6.92 Å². The number of thiophene rings is 1. The summed E-state index contributed by atoms with van der Waals surface area (Å²) >= 11 is 1.10. The average Bonchev–Trinajstić information content (AvgIpc) is 3.51. The number of rotatable bonds is 5. The fraction of sp³-hybridized carbons (Fsp3) is 0.0435. The molecule has 0 fully saturated rings. The Kier molecular flexibility index (Phi) is 4.76. The number of pyridine rings is 1. The number of para-hydroxylation sites is 1. The molecule has 5 aromatic rings. The molecule has 0 bridgehead atoms. The van der Waals surface area contributed by atoms with E-state index in [1.807, 2.05) is 43.3 Å². The second-order valence-electron chi connectivity index (χ2n) is 6.76. The largest absolute Gasteiger partial charge is 0.336 e. The fourth-order valence-electron chi connectivity index (χ4n) is 3.45. The van der Waals surface area contributed by atoms with Gasteiger partial charge in [0, 0.05) is 28.4 Å². The number of hydrogen-bond donors (Lipinski definition) is 2. The van der Waals surface area contributed by atoms with Gasteiger partial charge in [0.25, 0.3) is 0 Å². The molecule has 2 N–H and O–H groups in total. The number of nitrogens with one attached hydrogen (secondary N) is 2. The van der Waals surface area contributed by atoms with Crippen LogP contribution in [0.4, 0.5) is 4.39 Å². The molecule has 5 rings (SSSR count). The first-order valence-electron chi connectivity index (χ1n) is 9.58. The third-order valence-corrected chi connectivity index (χ3v) is 5.82. The first-order chi connectivity index (χ1) is 15.2. The lowest BCUT2D eigenvalue weighted by Gasteiger charge is -2.01. The lowest BCUT2D eigenvalue weighted by Crippen LogP contribution is -1.92. The van der Waals surface area contributed by atoms with Crippen molar-refractivity contribution < 1.29 is 4.39 Å². The summed E-state index contributed by atoms with van der Waals surface area (Å²) in [4.78, 5) is 17.8. The van der Waals surface area contributed by atoms with Gasteiger partial charge in [-0.3, -0.25) is 10.1 Å². The van der Waals surface area contributed by atoms with E-state index in [0.717, 1.165) is 49.6 Å². The van der Waals surface area contributed by atoms with Crippen molar-refractivity contribution >= 4 is 45.2 Å². The van der Waals surface area contributed by atoms with Gasteiger partial charge in [-0.1, -0.05) is 24.8 Å². The Hall–Kier alpha value is -3.91. The van der Waals surface area contributed by atoms with Gasteiger partial charge in [-0.15, -0.1) is 11.3 Å². The first kappa shape index (κ1) is 19.1. The lowest BCUT2D eigenvalue weighted by atomic mass is 10.1. The monoisotopic (exact) mass is 428 g/mol. The van der Waals surface area contributed by atoms with Crippen LogP contribution >= 0.6 is 11.3 Å². The van der Waals surface area contributed by atoms with E-state index < -0.39 is 0 Å². The van der Waals surface area contributed by atoms with Crippen LogP contribution in [0.25, 0.3) is 49.6 Å². The molecule has 4 heterocycles. The second-order valence-corrected chi connectivity index (χ2v) is 7.79. The van der Waals surface area contributed by atoms with Crippen LogP contribution in [0, 0.1) is 5.13 Å². The Morgan fingerprint density at radius 3 is 2.77 bits per heavy atom. The minimum atomic E-state index is -0.224. The Bertz CT molecular complexity index is 1490. The summed E-state index contributed by atoms with van der Waals surface area (Å²) in [7, 11) is 0. The average molecular weight is 428 g/mol. The molecule has 4 aromatic heterocycles. The summed E-state index contributed by atoms with van der Waals surface area (Å²) in [6.07, 6.45) is 5.14. The van der Waals surface area contributed by atoms with Gasteiger partial charge >= 0.3 is 0 Å². The molecule has 6 nitrogen and oxygen atoms in total. The van der Waals surface area contributed by atoms with E-state index in [2.05, 4.69) is 26.8 Å². The van der Waals surface area contributed by atoms with Crippen LogP contribution in [0.2, 0.25) is 0 Å². The molecule has 8 heteroatoms. The van der Waals surface area contributed by atoms with Gasteiger partial charge in [0.1, 0.15) is 5.52 Å². The van der Waals surface area contributed by atoms with Gasteiger partial charge in [-0.2, -0.15) is 9.49 Å². The van der Waals surface area contributed by atoms with Crippen LogP contribution in [0.5, 0.6) is 0 Å². The van der Waals surface area contributed by atoms with E-state index in [1.54, 1.807) is 12.3 Å². The maximum absolute atomic E-state index is 13.6. The van der Waals surface area contributed by atoms with E-state index in [1.165, 1.54) is 12.3 Å². The highest BCUT2D eigenvalue weighted by Gasteiger charge is 2.17. The highest BCUT2D eigenvalue weighted by molar-refractivity contribution is 7.14. The molecule has 152 valence electrons. The van der Waals surface area contributed by atoms with Crippen LogP contribution in [0.15, 0.2) is 66.3 Å². The summed E-state index contributed by atoms with van der Waals surface area (Å²) in [6, 6.07) is 12.9. The molecule has 31 heavy (non-hydrogen) atoms. The molecular formula is C23H17FN6S. The Morgan fingerprint density at radius 2 is 2.00 bits per heavy atom. The van der Waals surface area contributed by atoms with Crippen molar-refractivity contribution in [1.29, 1.82) is 0 Å². The molecule has 0 atom stereocenters. The summed E-state index contributed by atoms with van der Waals surface area (Å²) in [5.41, 5.74) is 6.25. The van der Waals surface area contributed by atoms with Gasteiger partial charge in [-0.25, -0.2) is 9.97 Å². The van der Waals surface area contributed by atoms with Crippen molar-refractivity contribution in [3.05, 3.63) is 72.1 Å². The number of H-pyrrole nitrogens is 2. The van der Waals surface area contributed by atoms with E-state index in [-0.39, 0.29) is 5.13 Å². The number of benzene rings is 1. The third-order valence-electron chi connectivity index (χ3n) is 4.91. The zero-order valence-corrected chi connectivity index (χ0v) is 17.4. The maximum atomic E-state index is 13.6. The molecule has 0 saturated carbocycles. The SMILES string of the molecule is C=CN=C/C(=C\C)c1ccc2[nH]nc(-c3nc4c(-c5ccc(F)s5)cccc4[nH]3)c2n1. The van der Waals surface area contributed by atoms with E-state index in [9.17, 15) is 4.39 Å². The number of halogens is 1. The first-order valence-corrected chi connectivity index (χ1v) is 10.4. The molecule has 0 unspecified atom stereocenters. The molecule has 0 aliphatic rings. The van der Waals surface area contributed by atoms with Gasteiger partial charge < -0.3 is 4.98 Å². The number of imidazole rings is 1. The molecule has 0 aliphatic carbocycles. The zero-order chi connectivity index (χ0) is 21.4. The number of aliphatic imine (C=N–C) groups is 1. The van der Waals surface area contributed by atoms with Crippen LogP contribution in [0.3, 0.4) is 0 Å². The fourth-order valence-corrected chi connectivity index (χ4v) is 4.21. The Morgan fingerprint density at radius 1 is 1.10 bits per heavy atom. The van der Waals surface area contributed by atoms with Crippen molar-refractivity contribution in [2.24, 2.45) is 4.99 Å². The number of aromatic amines is 2. The highest BCUT2D eigenvalue weighted by atomic mass is 32.1. The molecule has 0 radical (unpaired) electrons. The molecule has 0 aliphatic heterocycles. The topological polar surface area (TPSA) is 82.6 Å². The van der Waals surface area contributed by atoms with Crippen LogP contribution < -0.4 is 0 Å². The third kappa shape index (κ3) is 3.36. The number of fused-ring (bicyclic) bond motifs is 2. The lowest BCUT2D eigenvalue weighted by molar-refractivity contribution is 0.657. The Balaban J connectivity index is 1.65. The van der Waals surface area contributed by atoms with Gasteiger partial charge in [0.2, 0.25) is 0 Å². The number of nitrogens with zero attached hydrogens (tertiary/aromatic N) is 4. The maximum Gasteiger partial charge on any atom is 0.176 e. The smallest absolute Gasteiger partial charge is 0.176 e. The molecular weight excluding hydrogens is 411 g/mol. The van der Waals surface area contributed by atoms with Crippen molar-refractivity contribution in [3.63, 3.8) is 0 Å². The number of hydrogen-bond acceptors (Lipinski definition) is 5. The molecule has 1 aromatic carbocycles. The van der Waals surface area contributed by atoms with E-state index in [4.69, 9.17) is 9.97 Å². The normalized spacial score (nSPS) is 12.4. The summed E-state index contributed by atoms with van der Waals surface area (Å²) in [5, 5.41) is 7.24. The quantitative estimate of drug-likeness (QED) is 0.338. The number of allylic oxidation sites excluding steroid dienone is 2. The van der Waals surface area contributed by atoms with Crippen molar-refractivity contribution in [3.8, 4) is 22.0 Å². The summed E-state index contributed by atoms with van der Waals surface area (Å²) in [5.74, 6) is 0.595. The molecule has 0 spiro atoms. The predicted molar refractivity (Wildman–Crippen MR) is 125 cm³/mol. The van der Waals surface area contributed by atoms with Gasteiger partial charge in [0.05, 0.1) is 22.2 Å². The van der Waals surface area contributed by atoms with Crippen molar-refractivity contribution in [2.75, 3.05) is 0 Å². The molecule has 0 amide bonds. The minimum absolute atomic E-state index is 0.224. The Labute approximate surface area is 180 Å². The van der Waals surface area contributed by atoms with Crippen molar-refractivity contribution in [1.82, 2.24) is 25.1 Å². The predicted octanol–water partition coefficient (Wildman–Crippen LogP) is 5.99. The standard InChI is InChI=1S/C23H17FN6S/c1-3-13(12-25-4-2)15-8-9-17-21(26-15)22(30-29-17)23-27-16-7-5-6-14(20(16)28-23)18-10-11-19(24)31-18/h3-12H,2H2,1H3,(H,27,28)(H,29,30)/b13-3+,25-12?. The van der Waals surface area contributed by atoms with Gasteiger partial charge in [0.15, 0.2) is 16.6 Å². The minimum Gasteiger partial charge on any atom is -0.336 e. The zero-order valence-electron chi connectivity index (χ0n) is 16.6. The van der Waals surface area contributed by atoms with E-state index >= 15 is 0 Å². The van der Waals surface area contributed by atoms with Crippen LogP contribution in [0.1, 0.15) is 12.6 Å².